The first-order valence-corrected chi connectivity index (χ1v) is 5.45. The molecule has 5 heteroatoms. The number of anilines is 1. The van der Waals surface area contributed by atoms with Gasteiger partial charge < -0.3 is 10.6 Å². The molecule has 0 saturated heterocycles. The van der Waals surface area contributed by atoms with E-state index in [9.17, 15) is 4.79 Å². The van der Waals surface area contributed by atoms with Crippen LogP contribution >= 0.6 is 0 Å². The van der Waals surface area contributed by atoms with Gasteiger partial charge in [-0.15, -0.1) is 0 Å². The number of hydrogen-bond donors (Lipinski definition) is 2. The lowest BCUT2D eigenvalue weighted by atomic mass is 10.1. The first kappa shape index (κ1) is 12.4. The van der Waals surface area contributed by atoms with Gasteiger partial charge in [0.25, 0.3) is 5.91 Å². The van der Waals surface area contributed by atoms with Gasteiger partial charge in [0, 0.05) is 13.6 Å². The smallest absolute Gasteiger partial charge is 0.271 e. The molecular weight excluding hydrogens is 204 g/mol. The summed E-state index contributed by atoms with van der Waals surface area (Å²) in [5.41, 5.74) is 0.343. The van der Waals surface area contributed by atoms with Crippen LogP contribution in [0.15, 0.2) is 12.4 Å². The van der Waals surface area contributed by atoms with Crippen molar-refractivity contribution in [1.29, 1.82) is 0 Å². The van der Waals surface area contributed by atoms with Crippen LogP contribution in [0.1, 0.15) is 30.8 Å². The summed E-state index contributed by atoms with van der Waals surface area (Å²) < 4.78 is 0. The average molecular weight is 222 g/mol. The van der Waals surface area contributed by atoms with Crippen molar-refractivity contribution in [2.75, 3.05) is 18.9 Å². The standard InChI is InChI=1S/C11H18N4O/c1-4-8(2)5-14-11(16)9-6-13-7-10(12-3)15-9/h6-8H,4-5H2,1-3H3,(H,12,15)(H,14,16). The molecule has 0 aliphatic carbocycles. The van der Waals surface area contributed by atoms with Gasteiger partial charge in [-0.2, -0.15) is 0 Å². The second-order valence-electron chi connectivity index (χ2n) is 3.76. The Hall–Kier alpha value is -1.65. The highest BCUT2D eigenvalue weighted by atomic mass is 16.1. The monoisotopic (exact) mass is 222 g/mol. The number of carbonyl (C=O) groups excluding carboxylic acids is 1. The van der Waals surface area contributed by atoms with E-state index in [0.717, 1.165) is 6.42 Å². The van der Waals surface area contributed by atoms with Gasteiger partial charge in [-0.1, -0.05) is 20.3 Å². The van der Waals surface area contributed by atoms with Crippen LogP contribution in [0.5, 0.6) is 0 Å². The molecule has 0 saturated carbocycles. The van der Waals surface area contributed by atoms with Crippen LogP contribution in [0.3, 0.4) is 0 Å². The van der Waals surface area contributed by atoms with Gasteiger partial charge in [0.1, 0.15) is 11.5 Å². The first-order valence-electron chi connectivity index (χ1n) is 5.45. The molecule has 0 aliphatic rings. The number of hydrogen-bond acceptors (Lipinski definition) is 4. The van der Waals surface area contributed by atoms with Crippen molar-refractivity contribution >= 4 is 11.7 Å². The van der Waals surface area contributed by atoms with Crippen molar-refractivity contribution in [3.8, 4) is 0 Å². The maximum Gasteiger partial charge on any atom is 0.271 e. The van der Waals surface area contributed by atoms with Gasteiger partial charge in [0.05, 0.1) is 12.4 Å². The lowest BCUT2D eigenvalue weighted by Gasteiger charge is -2.09. The first-order chi connectivity index (χ1) is 7.67. The molecule has 2 N–H and O–H groups in total. The maximum atomic E-state index is 11.7. The minimum Gasteiger partial charge on any atom is -0.372 e. The number of rotatable bonds is 5. The fourth-order valence-corrected chi connectivity index (χ4v) is 1.10. The Morgan fingerprint density at radius 2 is 2.25 bits per heavy atom. The summed E-state index contributed by atoms with van der Waals surface area (Å²) in [5, 5.41) is 5.68. The van der Waals surface area contributed by atoms with Crippen LogP contribution in [0.4, 0.5) is 5.82 Å². The summed E-state index contributed by atoms with van der Waals surface area (Å²) in [6, 6.07) is 0. The van der Waals surface area contributed by atoms with Crippen molar-refractivity contribution in [3.05, 3.63) is 18.1 Å². The van der Waals surface area contributed by atoms with Crippen LogP contribution in [0.2, 0.25) is 0 Å². The molecular formula is C11H18N4O. The van der Waals surface area contributed by atoms with Gasteiger partial charge in [-0.3, -0.25) is 9.78 Å². The average Bonchev–Trinajstić information content (AvgIpc) is 2.35. The Kier molecular flexibility index (Phi) is 4.69. The third-order valence-corrected chi connectivity index (χ3v) is 2.43. The SMILES string of the molecule is CCC(C)CNC(=O)c1cncc(NC)n1. The summed E-state index contributed by atoms with van der Waals surface area (Å²) in [4.78, 5) is 19.7. The zero-order valence-electron chi connectivity index (χ0n) is 9.95. The molecule has 1 rings (SSSR count). The van der Waals surface area contributed by atoms with E-state index in [4.69, 9.17) is 0 Å². The number of carbonyl (C=O) groups is 1. The van der Waals surface area contributed by atoms with Gasteiger partial charge in [-0.05, 0) is 5.92 Å². The predicted molar refractivity (Wildman–Crippen MR) is 63.4 cm³/mol. The molecule has 0 spiro atoms. The molecule has 1 heterocycles. The quantitative estimate of drug-likeness (QED) is 0.788. The summed E-state index contributed by atoms with van der Waals surface area (Å²) in [5.74, 6) is 0.894. The van der Waals surface area contributed by atoms with E-state index >= 15 is 0 Å². The largest absolute Gasteiger partial charge is 0.372 e. The Bertz CT molecular complexity index is 354. The zero-order valence-corrected chi connectivity index (χ0v) is 9.95. The van der Waals surface area contributed by atoms with Crippen LogP contribution in [-0.4, -0.2) is 29.5 Å². The summed E-state index contributed by atoms with van der Waals surface area (Å²) in [7, 11) is 1.74. The zero-order chi connectivity index (χ0) is 12.0. The highest BCUT2D eigenvalue weighted by Crippen LogP contribution is 2.02. The van der Waals surface area contributed by atoms with Crippen LogP contribution in [0, 0.1) is 5.92 Å². The minimum atomic E-state index is -0.176. The van der Waals surface area contributed by atoms with Crippen LogP contribution in [-0.2, 0) is 0 Å². The lowest BCUT2D eigenvalue weighted by Crippen LogP contribution is -2.29. The van der Waals surface area contributed by atoms with E-state index in [1.54, 1.807) is 13.2 Å². The van der Waals surface area contributed by atoms with Gasteiger partial charge in [0.2, 0.25) is 0 Å². The molecule has 0 fully saturated rings. The summed E-state index contributed by atoms with van der Waals surface area (Å²) in [6.45, 7) is 4.86. The topological polar surface area (TPSA) is 66.9 Å². The Balaban J connectivity index is 2.58. The second-order valence-corrected chi connectivity index (χ2v) is 3.76. The van der Waals surface area contributed by atoms with E-state index in [-0.39, 0.29) is 5.91 Å². The Morgan fingerprint density at radius 3 is 2.88 bits per heavy atom. The number of nitrogens with zero attached hydrogens (tertiary/aromatic N) is 2. The maximum absolute atomic E-state index is 11.7. The molecule has 5 nitrogen and oxygen atoms in total. The number of amides is 1. The van der Waals surface area contributed by atoms with E-state index in [1.165, 1.54) is 6.20 Å². The molecule has 16 heavy (non-hydrogen) atoms. The Labute approximate surface area is 95.7 Å². The van der Waals surface area contributed by atoms with Crippen molar-refractivity contribution < 1.29 is 4.79 Å². The highest BCUT2D eigenvalue weighted by Gasteiger charge is 2.09. The molecule has 0 aliphatic heterocycles. The molecule has 0 aromatic carbocycles. The van der Waals surface area contributed by atoms with Crippen molar-refractivity contribution in [2.45, 2.75) is 20.3 Å². The summed E-state index contributed by atoms with van der Waals surface area (Å²) >= 11 is 0. The third kappa shape index (κ3) is 3.49. The molecule has 1 atom stereocenters. The van der Waals surface area contributed by atoms with Crippen LogP contribution in [0.25, 0.3) is 0 Å². The van der Waals surface area contributed by atoms with Gasteiger partial charge in [0.15, 0.2) is 0 Å². The van der Waals surface area contributed by atoms with E-state index < -0.39 is 0 Å². The molecule has 1 amide bonds. The molecule has 1 aromatic rings. The molecule has 88 valence electrons. The van der Waals surface area contributed by atoms with Crippen molar-refractivity contribution in [1.82, 2.24) is 15.3 Å². The highest BCUT2D eigenvalue weighted by molar-refractivity contribution is 5.92. The summed E-state index contributed by atoms with van der Waals surface area (Å²) in [6.07, 6.45) is 4.08. The lowest BCUT2D eigenvalue weighted by molar-refractivity contribution is 0.0942. The molecule has 0 bridgehead atoms. The van der Waals surface area contributed by atoms with E-state index in [1.807, 2.05) is 0 Å². The van der Waals surface area contributed by atoms with E-state index in [0.29, 0.717) is 24.0 Å². The number of nitrogens with one attached hydrogen (secondary N) is 2. The Morgan fingerprint density at radius 1 is 1.50 bits per heavy atom. The predicted octanol–water partition coefficient (Wildman–Crippen LogP) is 1.29. The van der Waals surface area contributed by atoms with E-state index in [2.05, 4.69) is 34.4 Å². The minimum absolute atomic E-state index is 0.176. The second kappa shape index (κ2) is 6.05. The normalized spacial score (nSPS) is 11.9. The van der Waals surface area contributed by atoms with Crippen molar-refractivity contribution in [3.63, 3.8) is 0 Å². The molecule has 1 aromatic heterocycles. The fourth-order valence-electron chi connectivity index (χ4n) is 1.10. The fraction of sp³-hybridized carbons (Fsp3) is 0.545. The van der Waals surface area contributed by atoms with Crippen LogP contribution < -0.4 is 10.6 Å². The van der Waals surface area contributed by atoms with Gasteiger partial charge in [-0.25, -0.2) is 4.98 Å². The van der Waals surface area contributed by atoms with Crippen molar-refractivity contribution in [2.24, 2.45) is 5.92 Å². The molecule has 1 unspecified atom stereocenters. The third-order valence-electron chi connectivity index (χ3n) is 2.43. The van der Waals surface area contributed by atoms with Gasteiger partial charge >= 0.3 is 0 Å². The molecule has 0 radical (unpaired) electrons. The number of aromatic nitrogens is 2.